The number of aromatic nitrogens is 1. The smallest absolute Gasteiger partial charge is 0.267 e. The van der Waals surface area contributed by atoms with Crippen LogP contribution in [0.1, 0.15) is 64.8 Å². The lowest BCUT2D eigenvalue weighted by Gasteiger charge is -2.58. The number of hydrogen-bond acceptors (Lipinski definition) is 9. The number of thiazole rings is 1. The van der Waals surface area contributed by atoms with Crippen LogP contribution in [0.4, 0.5) is 5.13 Å². The molecule has 0 aliphatic heterocycles. The van der Waals surface area contributed by atoms with Crippen molar-refractivity contribution in [1.82, 2.24) is 10.3 Å². The van der Waals surface area contributed by atoms with E-state index in [1.54, 1.807) is 20.3 Å². The van der Waals surface area contributed by atoms with Crippen LogP contribution < -0.4 is 20.1 Å². The highest BCUT2D eigenvalue weighted by Gasteiger charge is 2.59. The number of nitrogens with one attached hydrogen (secondary N) is 2. The molecule has 1 fully saturated rings. The van der Waals surface area contributed by atoms with Crippen LogP contribution in [0.3, 0.4) is 0 Å². The SMILES string of the molecule is COc1ccc(CCNC(=O)CC2c3nc(NC(=O)c4cccs4)sc3CC3C(C)(CO)C(O)CCC23C)cc1OC. The lowest BCUT2D eigenvalue weighted by atomic mass is 9.47. The molecule has 11 heteroatoms. The molecular formula is C31H39N3O6S2. The molecule has 2 aliphatic carbocycles. The summed E-state index contributed by atoms with van der Waals surface area (Å²) in [6, 6.07) is 9.32. The van der Waals surface area contributed by atoms with Gasteiger partial charge in [-0.3, -0.25) is 14.9 Å². The Morgan fingerprint density at radius 3 is 2.64 bits per heavy atom. The average molecular weight is 614 g/mol. The van der Waals surface area contributed by atoms with Crippen LogP contribution in [0, 0.1) is 16.7 Å². The Hall–Kier alpha value is -2.99. The number of anilines is 1. The van der Waals surface area contributed by atoms with E-state index >= 15 is 0 Å². The molecule has 1 saturated carbocycles. The van der Waals surface area contributed by atoms with Gasteiger partial charge in [0.15, 0.2) is 16.6 Å². The van der Waals surface area contributed by atoms with Crippen molar-refractivity contribution in [2.75, 3.05) is 32.7 Å². The van der Waals surface area contributed by atoms with Crippen molar-refractivity contribution in [1.29, 1.82) is 0 Å². The lowest BCUT2D eigenvalue weighted by Crippen LogP contribution is -2.57. The van der Waals surface area contributed by atoms with Crippen LogP contribution in [-0.2, 0) is 17.6 Å². The zero-order chi connectivity index (χ0) is 30.1. The minimum atomic E-state index is -0.711. The predicted octanol–water partition coefficient (Wildman–Crippen LogP) is 4.64. The third-order valence-corrected chi connectivity index (χ3v) is 11.3. The molecule has 2 heterocycles. The second-order valence-electron chi connectivity index (χ2n) is 11.8. The van der Waals surface area contributed by atoms with Crippen molar-refractivity contribution in [2.24, 2.45) is 16.7 Å². The van der Waals surface area contributed by atoms with E-state index in [0.29, 0.717) is 53.7 Å². The highest BCUT2D eigenvalue weighted by molar-refractivity contribution is 7.16. The minimum Gasteiger partial charge on any atom is -0.493 e. The topological polar surface area (TPSA) is 130 Å². The molecule has 0 spiro atoms. The number of rotatable bonds is 10. The van der Waals surface area contributed by atoms with Crippen LogP contribution in [0.15, 0.2) is 35.7 Å². The molecule has 42 heavy (non-hydrogen) atoms. The lowest BCUT2D eigenvalue weighted by molar-refractivity contribution is -0.144. The van der Waals surface area contributed by atoms with Gasteiger partial charge in [-0.15, -0.1) is 22.7 Å². The van der Waals surface area contributed by atoms with Crippen molar-refractivity contribution in [3.63, 3.8) is 0 Å². The molecule has 4 N–H and O–H groups in total. The second-order valence-corrected chi connectivity index (χ2v) is 13.8. The van der Waals surface area contributed by atoms with Gasteiger partial charge in [0.1, 0.15) is 0 Å². The summed E-state index contributed by atoms with van der Waals surface area (Å²) in [5.74, 6) is 0.725. The summed E-state index contributed by atoms with van der Waals surface area (Å²) in [6.07, 6.45) is 2.11. The van der Waals surface area contributed by atoms with Gasteiger partial charge in [-0.25, -0.2) is 4.98 Å². The molecule has 1 aromatic carbocycles. The van der Waals surface area contributed by atoms with Gasteiger partial charge in [-0.05, 0) is 66.2 Å². The summed E-state index contributed by atoms with van der Waals surface area (Å²) in [7, 11) is 3.19. The maximum Gasteiger partial charge on any atom is 0.267 e. The van der Waals surface area contributed by atoms with Gasteiger partial charge >= 0.3 is 0 Å². The highest BCUT2D eigenvalue weighted by atomic mass is 32.1. The van der Waals surface area contributed by atoms with Crippen LogP contribution >= 0.6 is 22.7 Å². The van der Waals surface area contributed by atoms with E-state index in [1.165, 1.54) is 22.7 Å². The first-order valence-corrected chi connectivity index (χ1v) is 15.9. The molecule has 5 rings (SSSR count). The molecule has 0 radical (unpaired) electrons. The third-order valence-electron chi connectivity index (χ3n) is 9.43. The van der Waals surface area contributed by atoms with Gasteiger partial charge in [-0.2, -0.15) is 0 Å². The summed E-state index contributed by atoms with van der Waals surface area (Å²) in [6.45, 7) is 4.44. The third kappa shape index (κ3) is 5.67. The molecule has 2 amide bonds. The Morgan fingerprint density at radius 1 is 1.17 bits per heavy atom. The Morgan fingerprint density at radius 2 is 1.95 bits per heavy atom. The average Bonchev–Trinajstić information content (AvgIpc) is 3.66. The molecule has 226 valence electrons. The standard InChI is InChI=1S/C31H39N3O6S2/c1-30-11-9-25(36)31(2,17-35)24(30)16-23-27(33-29(42-23)34-28(38)22-6-5-13-41-22)19(30)15-26(37)32-12-10-18-7-8-20(39-3)21(14-18)40-4/h5-8,13-14,19,24-25,35-36H,9-12,15-17H2,1-4H3,(H,32,37)(H,33,34,38). The molecule has 3 aromatic rings. The number of hydrogen-bond donors (Lipinski definition) is 4. The first kappa shape index (κ1) is 30.5. The molecule has 0 bridgehead atoms. The van der Waals surface area contributed by atoms with Crippen LogP contribution in [-0.4, -0.2) is 60.5 Å². The second kappa shape index (κ2) is 12.3. The zero-order valence-electron chi connectivity index (χ0n) is 24.4. The van der Waals surface area contributed by atoms with Crippen LogP contribution in [0.5, 0.6) is 11.5 Å². The number of methoxy groups -OCH3 is 2. The van der Waals surface area contributed by atoms with E-state index in [0.717, 1.165) is 16.1 Å². The zero-order valence-corrected chi connectivity index (χ0v) is 26.1. The number of benzene rings is 1. The van der Waals surface area contributed by atoms with Crippen molar-refractivity contribution in [3.8, 4) is 11.5 Å². The van der Waals surface area contributed by atoms with Crippen molar-refractivity contribution < 1.29 is 29.3 Å². The fourth-order valence-electron chi connectivity index (χ4n) is 6.91. The van der Waals surface area contributed by atoms with Gasteiger partial charge in [0.25, 0.3) is 5.91 Å². The molecule has 5 atom stereocenters. The number of thiophene rings is 1. The largest absolute Gasteiger partial charge is 0.493 e. The van der Waals surface area contributed by atoms with Gasteiger partial charge in [0.2, 0.25) is 5.91 Å². The number of fused-ring (bicyclic) bond motifs is 2. The van der Waals surface area contributed by atoms with Gasteiger partial charge in [-0.1, -0.05) is 26.0 Å². The Labute approximate surface area is 254 Å². The van der Waals surface area contributed by atoms with E-state index < -0.39 is 11.5 Å². The first-order chi connectivity index (χ1) is 20.1. The quantitative estimate of drug-likeness (QED) is 0.262. The summed E-state index contributed by atoms with van der Waals surface area (Å²) < 4.78 is 10.7. The molecule has 0 saturated heterocycles. The summed E-state index contributed by atoms with van der Waals surface area (Å²) in [5.41, 5.74) is 0.780. The van der Waals surface area contributed by atoms with E-state index in [9.17, 15) is 19.8 Å². The number of amides is 2. The highest BCUT2D eigenvalue weighted by Crippen LogP contribution is 2.62. The van der Waals surface area contributed by atoms with Gasteiger partial charge < -0.3 is 25.0 Å². The van der Waals surface area contributed by atoms with Crippen molar-refractivity contribution >= 4 is 39.6 Å². The van der Waals surface area contributed by atoms with Crippen molar-refractivity contribution in [2.45, 2.75) is 58.0 Å². The summed E-state index contributed by atoms with van der Waals surface area (Å²) >= 11 is 2.79. The number of carbonyl (C=O) groups is 2. The van der Waals surface area contributed by atoms with Crippen LogP contribution in [0.2, 0.25) is 0 Å². The number of aliphatic hydroxyl groups is 2. The minimum absolute atomic E-state index is 0.0582. The number of nitrogens with zero attached hydrogens (tertiary/aromatic N) is 1. The van der Waals surface area contributed by atoms with E-state index in [2.05, 4.69) is 17.6 Å². The molecule has 2 aliphatic rings. The van der Waals surface area contributed by atoms with E-state index in [1.807, 2.05) is 36.6 Å². The number of ether oxygens (including phenoxy) is 2. The maximum atomic E-state index is 13.4. The fourth-order valence-corrected chi connectivity index (χ4v) is 8.59. The Bertz CT molecular complexity index is 1430. The number of carbonyl (C=O) groups excluding carboxylic acids is 2. The Kier molecular flexibility index (Phi) is 8.94. The molecule has 2 aromatic heterocycles. The Balaban J connectivity index is 1.37. The molecular weight excluding hydrogens is 574 g/mol. The number of aliphatic hydroxyl groups excluding tert-OH is 2. The van der Waals surface area contributed by atoms with E-state index in [4.69, 9.17) is 14.5 Å². The predicted molar refractivity (Wildman–Crippen MR) is 164 cm³/mol. The summed E-state index contributed by atoms with van der Waals surface area (Å²) in [5, 5.41) is 29.9. The van der Waals surface area contributed by atoms with Gasteiger partial charge in [0.05, 0.1) is 37.5 Å². The monoisotopic (exact) mass is 613 g/mol. The van der Waals surface area contributed by atoms with E-state index in [-0.39, 0.29) is 42.1 Å². The first-order valence-electron chi connectivity index (χ1n) is 14.2. The van der Waals surface area contributed by atoms with Crippen molar-refractivity contribution in [3.05, 3.63) is 56.7 Å². The molecule has 5 unspecified atom stereocenters. The maximum absolute atomic E-state index is 13.4. The fraction of sp³-hybridized carbons (Fsp3) is 0.516. The molecule has 9 nitrogen and oxygen atoms in total. The summed E-state index contributed by atoms with van der Waals surface area (Å²) in [4.78, 5) is 32.7. The van der Waals surface area contributed by atoms with Crippen LogP contribution in [0.25, 0.3) is 0 Å². The van der Waals surface area contributed by atoms with Gasteiger partial charge in [0, 0.05) is 29.2 Å². The normalized spacial score (nSPS) is 26.6.